The number of imide groups is 1. The molecule has 11 nitrogen and oxygen atoms in total. The molecule has 180 valence electrons. The normalized spacial score (nSPS) is 22.4. The van der Waals surface area contributed by atoms with Crippen molar-refractivity contribution in [1.29, 1.82) is 0 Å². The van der Waals surface area contributed by atoms with Gasteiger partial charge in [0.15, 0.2) is 11.3 Å². The highest BCUT2D eigenvalue weighted by Gasteiger charge is 2.55. The average Bonchev–Trinajstić information content (AvgIpc) is 3.40. The molecule has 34 heavy (non-hydrogen) atoms. The van der Waals surface area contributed by atoms with E-state index in [4.69, 9.17) is 9.57 Å². The summed E-state index contributed by atoms with van der Waals surface area (Å²) in [5.41, 5.74) is -1.15. The van der Waals surface area contributed by atoms with Gasteiger partial charge in [0.05, 0.1) is 0 Å². The van der Waals surface area contributed by atoms with E-state index in [1.807, 2.05) is 6.07 Å². The molecule has 1 aromatic carbocycles. The zero-order valence-electron chi connectivity index (χ0n) is 18.3. The third-order valence-corrected chi connectivity index (χ3v) is 6.06. The average molecular weight is 471 g/mol. The molecule has 2 aliphatic rings. The van der Waals surface area contributed by atoms with Crippen LogP contribution in [0, 0.1) is 0 Å². The largest absolute Gasteiger partial charge is 0.492 e. The summed E-state index contributed by atoms with van der Waals surface area (Å²) in [5, 5.41) is 22.5. The number of ketones is 1. The maximum atomic E-state index is 13.7. The Labute approximate surface area is 194 Å². The van der Waals surface area contributed by atoms with E-state index in [0.29, 0.717) is 29.7 Å². The fourth-order valence-electron chi connectivity index (χ4n) is 4.28. The predicted octanol–water partition coefficient (Wildman–Crippen LogP) is 1.26. The highest BCUT2D eigenvalue weighted by Crippen LogP contribution is 2.31. The van der Waals surface area contributed by atoms with Gasteiger partial charge in [-0.15, -0.1) is 4.73 Å². The maximum absolute atomic E-state index is 13.7. The predicted molar refractivity (Wildman–Crippen MR) is 115 cm³/mol. The Morgan fingerprint density at radius 3 is 2.41 bits per heavy atom. The third kappa shape index (κ3) is 4.34. The number of ether oxygens (including phenoxy) is 1. The minimum atomic E-state index is -1.87. The number of nitrogens with one attached hydrogen (secondary N) is 1. The standard InChI is InChI=1S/C23H25N3O8/c27-17-9-8-16(25(17)22(32)33-14-15-6-2-1-3-7-15)20(30)23(12-4-5-13-24-23)21(31)34-26-18(28)10-11-19(26)29/h1-3,6-7,10-11,16,24,28-29H,4-5,8-9,12-14H2/t16-,23?/m1/s1. The van der Waals surface area contributed by atoms with Crippen LogP contribution in [0.1, 0.15) is 37.7 Å². The minimum absolute atomic E-state index is 0.0365. The van der Waals surface area contributed by atoms with Crippen molar-refractivity contribution < 1.29 is 39.0 Å². The van der Waals surface area contributed by atoms with Gasteiger partial charge < -0.3 is 19.8 Å². The zero-order chi connectivity index (χ0) is 24.3. The number of nitrogens with zero attached hydrogens (tertiary/aromatic N) is 2. The summed E-state index contributed by atoms with van der Waals surface area (Å²) in [6, 6.07) is 9.89. The summed E-state index contributed by atoms with van der Waals surface area (Å²) in [6.45, 7) is 0.242. The van der Waals surface area contributed by atoms with Gasteiger partial charge in [0.1, 0.15) is 12.6 Å². The molecule has 2 aromatic rings. The number of carbonyl (C=O) groups is 4. The topological polar surface area (TPSA) is 147 Å². The third-order valence-electron chi connectivity index (χ3n) is 6.06. The number of hydrogen-bond donors (Lipinski definition) is 3. The lowest BCUT2D eigenvalue weighted by Gasteiger charge is -2.37. The molecule has 2 saturated heterocycles. The molecule has 2 amide bonds. The molecule has 1 unspecified atom stereocenters. The Kier molecular flexibility index (Phi) is 6.55. The molecule has 0 aliphatic carbocycles. The van der Waals surface area contributed by atoms with Gasteiger partial charge in [-0.1, -0.05) is 30.3 Å². The maximum Gasteiger partial charge on any atom is 0.417 e. The van der Waals surface area contributed by atoms with Crippen LogP contribution in [-0.2, 0) is 25.7 Å². The van der Waals surface area contributed by atoms with Gasteiger partial charge in [-0.2, -0.15) is 0 Å². The monoisotopic (exact) mass is 471 g/mol. The van der Waals surface area contributed by atoms with E-state index in [-0.39, 0.29) is 25.9 Å². The number of hydrogen-bond acceptors (Lipinski definition) is 9. The molecule has 0 radical (unpaired) electrons. The summed E-state index contributed by atoms with van der Waals surface area (Å²) < 4.78 is 5.77. The quantitative estimate of drug-likeness (QED) is 0.530. The first-order valence-corrected chi connectivity index (χ1v) is 11.0. The van der Waals surface area contributed by atoms with Crippen LogP contribution in [0.2, 0.25) is 0 Å². The molecule has 3 heterocycles. The summed E-state index contributed by atoms with van der Waals surface area (Å²) in [6.07, 6.45) is 0.289. The van der Waals surface area contributed by atoms with E-state index in [0.717, 1.165) is 17.0 Å². The van der Waals surface area contributed by atoms with Gasteiger partial charge in [-0.25, -0.2) is 14.5 Å². The number of amides is 2. The smallest absolute Gasteiger partial charge is 0.417 e. The number of benzene rings is 1. The Morgan fingerprint density at radius 1 is 1.06 bits per heavy atom. The Hall–Kier alpha value is -3.86. The zero-order valence-corrected chi connectivity index (χ0v) is 18.3. The molecule has 0 bridgehead atoms. The van der Waals surface area contributed by atoms with Crippen LogP contribution in [0.15, 0.2) is 42.5 Å². The molecule has 3 N–H and O–H groups in total. The Balaban J connectivity index is 1.55. The van der Waals surface area contributed by atoms with Gasteiger partial charge >= 0.3 is 12.1 Å². The van der Waals surface area contributed by atoms with Crippen LogP contribution in [-0.4, -0.2) is 61.7 Å². The van der Waals surface area contributed by atoms with E-state index in [2.05, 4.69) is 5.32 Å². The van der Waals surface area contributed by atoms with E-state index in [9.17, 15) is 29.4 Å². The Morgan fingerprint density at radius 2 is 1.76 bits per heavy atom. The van der Waals surface area contributed by atoms with Crippen LogP contribution in [0.5, 0.6) is 11.8 Å². The van der Waals surface area contributed by atoms with Crippen molar-refractivity contribution in [2.45, 2.75) is 50.3 Å². The molecule has 1 aromatic heterocycles. The molecule has 2 fully saturated rings. The number of Topliss-reactive ketones (excluding diaryl/α,β-unsaturated/α-hetero) is 1. The van der Waals surface area contributed by atoms with Crippen molar-refractivity contribution in [2.24, 2.45) is 0 Å². The van der Waals surface area contributed by atoms with Gasteiger partial charge in [-0.3, -0.25) is 14.9 Å². The number of aromatic nitrogens is 1. The van der Waals surface area contributed by atoms with E-state index in [1.54, 1.807) is 24.3 Å². The van der Waals surface area contributed by atoms with Crippen molar-refractivity contribution in [1.82, 2.24) is 14.9 Å². The van der Waals surface area contributed by atoms with Crippen molar-refractivity contribution in [3.63, 3.8) is 0 Å². The molecule has 2 atom stereocenters. The SMILES string of the molecule is O=C1CC[C@H](C(=O)C2(C(=O)On3c(O)ccc3O)CCCCN2)N1C(=O)OCc1ccccc1. The number of rotatable bonds is 6. The first kappa shape index (κ1) is 23.3. The number of piperidine rings is 1. The highest BCUT2D eigenvalue weighted by molar-refractivity contribution is 6.14. The van der Waals surface area contributed by atoms with Crippen molar-refractivity contribution >= 4 is 23.8 Å². The molecular weight excluding hydrogens is 446 g/mol. The fraction of sp³-hybridized carbons (Fsp3) is 0.391. The van der Waals surface area contributed by atoms with Gasteiger partial charge in [-0.05, 0) is 37.8 Å². The van der Waals surface area contributed by atoms with E-state index >= 15 is 0 Å². The van der Waals surface area contributed by atoms with Gasteiger partial charge in [0.25, 0.3) is 0 Å². The molecule has 2 aliphatic heterocycles. The van der Waals surface area contributed by atoms with Crippen molar-refractivity contribution in [3.8, 4) is 11.8 Å². The van der Waals surface area contributed by atoms with Crippen molar-refractivity contribution in [3.05, 3.63) is 48.0 Å². The molecule has 0 saturated carbocycles. The fourth-order valence-corrected chi connectivity index (χ4v) is 4.28. The van der Waals surface area contributed by atoms with Gasteiger partial charge in [0.2, 0.25) is 17.7 Å². The number of likely N-dealkylation sites (tertiary alicyclic amines) is 1. The van der Waals surface area contributed by atoms with E-state index < -0.39 is 47.1 Å². The second-order valence-corrected chi connectivity index (χ2v) is 8.23. The lowest BCUT2D eigenvalue weighted by molar-refractivity contribution is -0.160. The van der Waals surface area contributed by atoms with Crippen molar-refractivity contribution in [2.75, 3.05) is 6.54 Å². The lowest BCUT2D eigenvalue weighted by atomic mass is 9.81. The molecule has 4 rings (SSSR count). The highest BCUT2D eigenvalue weighted by atomic mass is 16.7. The van der Waals surface area contributed by atoms with Crippen LogP contribution in [0.25, 0.3) is 0 Å². The van der Waals surface area contributed by atoms with E-state index in [1.165, 1.54) is 0 Å². The Bertz CT molecular complexity index is 1070. The van der Waals surface area contributed by atoms with Crippen LogP contribution >= 0.6 is 0 Å². The van der Waals surface area contributed by atoms with Crippen LogP contribution < -0.4 is 10.2 Å². The number of carbonyl (C=O) groups excluding carboxylic acids is 4. The summed E-state index contributed by atoms with van der Waals surface area (Å²) in [7, 11) is 0. The second kappa shape index (κ2) is 9.56. The van der Waals surface area contributed by atoms with Crippen LogP contribution in [0.3, 0.4) is 0 Å². The van der Waals surface area contributed by atoms with Gasteiger partial charge in [0, 0.05) is 18.6 Å². The summed E-state index contributed by atoms with van der Waals surface area (Å²) >= 11 is 0. The van der Waals surface area contributed by atoms with Crippen LogP contribution in [0.4, 0.5) is 4.79 Å². The minimum Gasteiger partial charge on any atom is -0.492 e. The molecule has 0 spiro atoms. The molecular formula is C23H25N3O8. The molecule has 11 heteroatoms. The lowest BCUT2D eigenvalue weighted by Crippen LogP contribution is -2.66. The second-order valence-electron chi connectivity index (χ2n) is 8.23. The summed E-state index contributed by atoms with van der Waals surface area (Å²) in [4.78, 5) is 58.1. The first-order chi connectivity index (χ1) is 16.3. The number of aromatic hydroxyl groups is 2. The first-order valence-electron chi connectivity index (χ1n) is 11.0. The summed E-state index contributed by atoms with van der Waals surface area (Å²) in [5.74, 6) is -3.41.